The first-order valence-corrected chi connectivity index (χ1v) is 7.03. The Balaban J connectivity index is 2.88. The van der Waals surface area contributed by atoms with Gasteiger partial charge in [0.25, 0.3) is 0 Å². The maximum Gasteiger partial charge on any atom is 0.0431 e. The minimum atomic E-state index is 0.367. The van der Waals surface area contributed by atoms with Gasteiger partial charge in [0.2, 0.25) is 0 Å². The van der Waals surface area contributed by atoms with Crippen molar-refractivity contribution in [2.75, 3.05) is 27.2 Å². The molecule has 2 heteroatoms. The van der Waals surface area contributed by atoms with E-state index in [4.69, 9.17) is 5.11 Å². The first kappa shape index (κ1) is 15.9. The Morgan fingerprint density at radius 3 is 1.38 bits per heavy atom. The van der Waals surface area contributed by atoms with Crippen molar-refractivity contribution in [1.82, 2.24) is 4.90 Å². The van der Waals surface area contributed by atoms with Crippen molar-refractivity contribution in [3.8, 4) is 0 Å². The lowest BCUT2D eigenvalue weighted by atomic mass is 10.1. The van der Waals surface area contributed by atoms with Crippen molar-refractivity contribution in [1.29, 1.82) is 0 Å². The van der Waals surface area contributed by atoms with Crippen LogP contribution < -0.4 is 0 Å². The molecule has 0 aromatic heterocycles. The number of unbranched alkanes of at least 4 members (excludes halogenated alkanes) is 9. The minimum absolute atomic E-state index is 0.367. The van der Waals surface area contributed by atoms with Crippen molar-refractivity contribution >= 4 is 0 Å². The van der Waals surface area contributed by atoms with Crippen LogP contribution in [0, 0.1) is 0 Å². The fraction of sp³-hybridized carbons (Fsp3) is 1.00. The largest absolute Gasteiger partial charge is 0.396 e. The van der Waals surface area contributed by atoms with Crippen LogP contribution in [0.1, 0.15) is 64.2 Å². The predicted octanol–water partition coefficient (Wildman–Crippen LogP) is 3.44. The third-order valence-corrected chi connectivity index (χ3v) is 3.01. The highest BCUT2D eigenvalue weighted by atomic mass is 16.2. The van der Waals surface area contributed by atoms with E-state index in [1.807, 2.05) is 0 Å². The lowest BCUT2D eigenvalue weighted by Crippen LogP contribution is -2.12. The van der Waals surface area contributed by atoms with Gasteiger partial charge < -0.3 is 10.0 Å². The van der Waals surface area contributed by atoms with E-state index >= 15 is 0 Å². The highest BCUT2D eigenvalue weighted by molar-refractivity contribution is 4.49. The van der Waals surface area contributed by atoms with Gasteiger partial charge in [-0.05, 0) is 33.5 Å². The van der Waals surface area contributed by atoms with Crippen molar-refractivity contribution in [2.24, 2.45) is 0 Å². The Morgan fingerprint density at radius 1 is 0.625 bits per heavy atom. The van der Waals surface area contributed by atoms with Gasteiger partial charge in [0, 0.05) is 6.61 Å². The van der Waals surface area contributed by atoms with E-state index in [0.29, 0.717) is 6.61 Å². The van der Waals surface area contributed by atoms with E-state index in [1.54, 1.807) is 0 Å². The average Bonchev–Trinajstić information content (AvgIpc) is 2.25. The van der Waals surface area contributed by atoms with Crippen molar-refractivity contribution in [3.05, 3.63) is 0 Å². The average molecular weight is 229 g/mol. The predicted molar refractivity (Wildman–Crippen MR) is 71.8 cm³/mol. The zero-order chi connectivity index (χ0) is 12.1. The molecule has 0 spiro atoms. The van der Waals surface area contributed by atoms with E-state index in [1.165, 1.54) is 64.3 Å². The summed E-state index contributed by atoms with van der Waals surface area (Å²) >= 11 is 0. The second kappa shape index (κ2) is 13.0. The lowest BCUT2D eigenvalue weighted by molar-refractivity contribution is 0.282. The zero-order valence-corrected chi connectivity index (χ0v) is 11.4. The summed E-state index contributed by atoms with van der Waals surface area (Å²) in [7, 11) is 4.29. The molecule has 0 aromatic rings. The summed E-state index contributed by atoms with van der Waals surface area (Å²) in [6, 6.07) is 0. The Morgan fingerprint density at radius 2 is 1.00 bits per heavy atom. The van der Waals surface area contributed by atoms with E-state index in [9.17, 15) is 0 Å². The third-order valence-electron chi connectivity index (χ3n) is 3.01. The summed E-state index contributed by atoms with van der Waals surface area (Å²) in [5, 5.41) is 8.62. The normalized spacial score (nSPS) is 11.2. The molecule has 0 fully saturated rings. The summed E-state index contributed by atoms with van der Waals surface area (Å²) in [6.45, 7) is 1.60. The first-order valence-electron chi connectivity index (χ1n) is 7.03. The molecule has 0 aliphatic heterocycles. The van der Waals surface area contributed by atoms with Crippen LogP contribution >= 0.6 is 0 Å². The van der Waals surface area contributed by atoms with Crippen LogP contribution in [0.15, 0.2) is 0 Å². The Hall–Kier alpha value is -0.0800. The minimum Gasteiger partial charge on any atom is -0.396 e. The molecular weight excluding hydrogens is 198 g/mol. The molecule has 0 bridgehead atoms. The van der Waals surface area contributed by atoms with Gasteiger partial charge in [0.15, 0.2) is 0 Å². The summed E-state index contributed by atoms with van der Waals surface area (Å²) in [5.41, 5.74) is 0. The van der Waals surface area contributed by atoms with Gasteiger partial charge in [-0.1, -0.05) is 51.4 Å². The van der Waals surface area contributed by atoms with Gasteiger partial charge in [0.05, 0.1) is 0 Å². The summed E-state index contributed by atoms with van der Waals surface area (Å²) in [5.74, 6) is 0. The highest BCUT2D eigenvalue weighted by Gasteiger charge is 1.93. The lowest BCUT2D eigenvalue weighted by Gasteiger charge is -2.08. The van der Waals surface area contributed by atoms with E-state index < -0.39 is 0 Å². The van der Waals surface area contributed by atoms with Crippen LogP contribution in [0.5, 0.6) is 0 Å². The van der Waals surface area contributed by atoms with Gasteiger partial charge in [-0.25, -0.2) is 0 Å². The van der Waals surface area contributed by atoms with Crippen LogP contribution in [-0.4, -0.2) is 37.3 Å². The molecule has 0 rings (SSSR count). The van der Waals surface area contributed by atoms with Gasteiger partial charge in [0.1, 0.15) is 0 Å². The number of aliphatic hydroxyl groups excluding tert-OH is 1. The fourth-order valence-electron chi connectivity index (χ4n) is 1.95. The van der Waals surface area contributed by atoms with E-state index in [-0.39, 0.29) is 0 Å². The zero-order valence-electron chi connectivity index (χ0n) is 11.4. The van der Waals surface area contributed by atoms with Crippen molar-refractivity contribution in [2.45, 2.75) is 64.2 Å². The molecule has 0 amide bonds. The summed E-state index contributed by atoms with van der Waals surface area (Å²) in [6.07, 6.45) is 13.2. The second-order valence-corrected chi connectivity index (χ2v) is 5.06. The topological polar surface area (TPSA) is 23.5 Å². The van der Waals surface area contributed by atoms with E-state index in [2.05, 4.69) is 19.0 Å². The van der Waals surface area contributed by atoms with Gasteiger partial charge in [-0.3, -0.25) is 0 Å². The summed E-state index contributed by atoms with van der Waals surface area (Å²) in [4.78, 5) is 2.27. The quantitative estimate of drug-likeness (QED) is 0.518. The van der Waals surface area contributed by atoms with Gasteiger partial charge >= 0.3 is 0 Å². The molecule has 0 atom stereocenters. The molecule has 0 saturated heterocycles. The van der Waals surface area contributed by atoms with Crippen molar-refractivity contribution < 1.29 is 5.11 Å². The number of rotatable bonds is 12. The van der Waals surface area contributed by atoms with Crippen molar-refractivity contribution in [3.63, 3.8) is 0 Å². The van der Waals surface area contributed by atoms with Crippen LogP contribution in [0.3, 0.4) is 0 Å². The molecule has 16 heavy (non-hydrogen) atoms. The molecule has 1 N–H and O–H groups in total. The van der Waals surface area contributed by atoms with Gasteiger partial charge in [-0.2, -0.15) is 0 Å². The van der Waals surface area contributed by atoms with Crippen LogP contribution in [0.4, 0.5) is 0 Å². The molecule has 0 aliphatic carbocycles. The maximum absolute atomic E-state index is 8.62. The Kier molecular flexibility index (Phi) is 12.9. The molecule has 0 unspecified atom stereocenters. The monoisotopic (exact) mass is 229 g/mol. The van der Waals surface area contributed by atoms with Crippen LogP contribution in [-0.2, 0) is 0 Å². The standard InChI is InChI=1S/C14H31NO/c1-15(2)13-11-9-7-5-3-4-6-8-10-12-14-16/h16H,3-14H2,1-2H3. The Labute approximate surface area is 102 Å². The highest BCUT2D eigenvalue weighted by Crippen LogP contribution is 2.10. The molecule has 2 nitrogen and oxygen atoms in total. The third kappa shape index (κ3) is 13.9. The second-order valence-electron chi connectivity index (χ2n) is 5.06. The first-order chi connectivity index (χ1) is 7.77. The molecule has 0 saturated carbocycles. The van der Waals surface area contributed by atoms with E-state index in [0.717, 1.165) is 6.42 Å². The molecule has 0 aromatic carbocycles. The van der Waals surface area contributed by atoms with Gasteiger partial charge in [-0.15, -0.1) is 0 Å². The Bertz CT molecular complexity index is 126. The number of nitrogens with zero attached hydrogens (tertiary/aromatic N) is 1. The fourth-order valence-corrected chi connectivity index (χ4v) is 1.95. The molecule has 0 radical (unpaired) electrons. The SMILES string of the molecule is CN(C)CCCCCCCCCCCCO. The van der Waals surface area contributed by atoms with Crippen LogP contribution in [0.2, 0.25) is 0 Å². The smallest absolute Gasteiger partial charge is 0.0431 e. The molecule has 0 aliphatic rings. The number of aliphatic hydroxyl groups is 1. The number of hydrogen-bond acceptors (Lipinski definition) is 2. The number of hydrogen-bond donors (Lipinski definition) is 1. The van der Waals surface area contributed by atoms with Crippen LogP contribution in [0.25, 0.3) is 0 Å². The maximum atomic E-state index is 8.62. The molecule has 0 heterocycles. The molecule has 98 valence electrons. The summed E-state index contributed by atoms with van der Waals surface area (Å²) < 4.78 is 0. The molecular formula is C14H31NO.